The Labute approximate surface area is 145 Å². The van der Waals surface area contributed by atoms with Gasteiger partial charge in [-0.25, -0.2) is 13.4 Å². The Bertz CT molecular complexity index is 858. The number of aromatic nitrogens is 4. The molecule has 1 N–H and O–H groups in total. The van der Waals surface area contributed by atoms with Crippen LogP contribution in [0.15, 0.2) is 29.7 Å². The van der Waals surface area contributed by atoms with Gasteiger partial charge in [0.25, 0.3) is 0 Å². The van der Waals surface area contributed by atoms with Crippen molar-refractivity contribution >= 4 is 16.0 Å². The lowest BCUT2D eigenvalue weighted by Crippen LogP contribution is -2.49. The summed E-state index contributed by atoms with van der Waals surface area (Å²) in [7, 11) is -0.676. The third-order valence-corrected chi connectivity index (χ3v) is 5.95. The topological polar surface area (TPSA) is 111 Å². The Kier molecular flexibility index (Phi) is 4.88. The molecule has 0 spiro atoms. The number of piperazine rings is 1. The van der Waals surface area contributed by atoms with Gasteiger partial charge in [-0.2, -0.15) is 9.40 Å². The highest BCUT2D eigenvalue weighted by atomic mass is 32.2. The molecule has 11 heteroatoms. The number of aryl methyl sites for hydroxylation is 1. The van der Waals surface area contributed by atoms with Gasteiger partial charge in [-0.1, -0.05) is 0 Å². The van der Waals surface area contributed by atoms with E-state index in [0.29, 0.717) is 25.5 Å². The van der Waals surface area contributed by atoms with Crippen molar-refractivity contribution in [1.82, 2.24) is 29.0 Å². The summed E-state index contributed by atoms with van der Waals surface area (Å²) in [6, 6.07) is -0.414. The van der Waals surface area contributed by atoms with Crippen molar-refractivity contribution in [3.8, 4) is 0 Å². The number of nitrogens with zero attached hydrogens (tertiary/aromatic N) is 5. The molecule has 0 amide bonds. The van der Waals surface area contributed by atoms with E-state index >= 15 is 0 Å². The Morgan fingerprint density at radius 2 is 2.28 bits per heavy atom. The molecule has 1 unspecified atom stereocenters. The third kappa shape index (κ3) is 3.43. The first-order valence-corrected chi connectivity index (χ1v) is 9.16. The highest BCUT2D eigenvalue weighted by Crippen LogP contribution is 2.27. The molecule has 1 atom stereocenters. The lowest BCUT2D eigenvalue weighted by atomic mass is 10.2. The fourth-order valence-electron chi connectivity index (χ4n) is 2.79. The largest absolute Gasteiger partial charge is 0.468 e. The zero-order valence-electron chi connectivity index (χ0n) is 14.0. The summed E-state index contributed by atoms with van der Waals surface area (Å²) < 4.78 is 35.2. The summed E-state index contributed by atoms with van der Waals surface area (Å²) in [5.41, 5.74) is 0. The van der Waals surface area contributed by atoms with Crippen molar-refractivity contribution in [1.29, 1.82) is 0 Å². The van der Waals surface area contributed by atoms with E-state index in [2.05, 4.69) is 20.1 Å². The number of imidazole rings is 1. The van der Waals surface area contributed by atoms with Crippen molar-refractivity contribution in [2.24, 2.45) is 7.05 Å². The van der Waals surface area contributed by atoms with Crippen molar-refractivity contribution < 1.29 is 17.9 Å². The lowest BCUT2D eigenvalue weighted by molar-refractivity contribution is -0.141. The van der Waals surface area contributed by atoms with Gasteiger partial charge in [-0.05, 0) is 0 Å². The van der Waals surface area contributed by atoms with E-state index in [0.717, 1.165) is 0 Å². The van der Waals surface area contributed by atoms with Crippen LogP contribution in [0.25, 0.3) is 0 Å². The monoisotopic (exact) mass is 368 g/mol. The Morgan fingerprint density at radius 1 is 1.48 bits per heavy atom. The highest BCUT2D eigenvalue weighted by Gasteiger charge is 2.37. The van der Waals surface area contributed by atoms with Gasteiger partial charge in [-0.15, -0.1) is 0 Å². The first kappa shape index (κ1) is 17.6. The van der Waals surface area contributed by atoms with E-state index < -0.39 is 22.0 Å². The van der Waals surface area contributed by atoms with Crippen molar-refractivity contribution in [2.45, 2.75) is 17.5 Å². The fourth-order valence-corrected chi connectivity index (χ4v) is 4.33. The van der Waals surface area contributed by atoms with Gasteiger partial charge in [0, 0.05) is 45.3 Å². The maximum absolute atomic E-state index is 13.1. The first-order chi connectivity index (χ1) is 11.9. The van der Waals surface area contributed by atoms with Crippen molar-refractivity contribution in [3.05, 3.63) is 30.6 Å². The molecule has 1 saturated heterocycles. The highest BCUT2D eigenvalue weighted by molar-refractivity contribution is 7.89. The average molecular weight is 368 g/mol. The van der Waals surface area contributed by atoms with Crippen LogP contribution in [0.3, 0.4) is 0 Å². The van der Waals surface area contributed by atoms with Gasteiger partial charge in [-0.3, -0.25) is 9.48 Å². The molecule has 2 aromatic heterocycles. The number of carbonyl (C=O) groups excluding carboxylic acids is 1. The smallest absolute Gasteiger partial charge is 0.327 e. The molecule has 2 aromatic rings. The predicted molar refractivity (Wildman–Crippen MR) is 87.0 cm³/mol. The van der Waals surface area contributed by atoms with E-state index in [1.807, 2.05) is 7.05 Å². The molecule has 1 aliphatic heterocycles. The Morgan fingerprint density at radius 3 is 2.96 bits per heavy atom. The van der Waals surface area contributed by atoms with Crippen LogP contribution in [0.2, 0.25) is 0 Å². The normalized spacial score (nSPS) is 19.0. The maximum Gasteiger partial charge on any atom is 0.327 e. The van der Waals surface area contributed by atoms with Crippen LogP contribution < -0.4 is 5.32 Å². The summed E-state index contributed by atoms with van der Waals surface area (Å²) in [4.78, 5) is 15.7. The molecular weight excluding hydrogens is 348 g/mol. The molecule has 25 heavy (non-hydrogen) atoms. The van der Waals surface area contributed by atoms with Crippen LogP contribution in [0.4, 0.5) is 0 Å². The van der Waals surface area contributed by atoms with Crippen LogP contribution in [-0.2, 0) is 33.1 Å². The van der Waals surface area contributed by atoms with E-state index in [1.54, 1.807) is 17.0 Å². The number of carbonyl (C=O) groups is 1. The molecule has 0 saturated carbocycles. The zero-order valence-corrected chi connectivity index (χ0v) is 14.8. The van der Waals surface area contributed by atoms with Crippen LogP contribution in [0.1, 0.15) is 11.9 Å². The van der Waals surface area contributed by atoms with Gasteiger partial charge in [0.2, 0.25) is 10.0 Å². The second kappa shape index (κ2) is 6.94. The number of sulfonamides is 1. The molecule has 0 aromatic carbocycles. The minimum atomic E-state index is -3.77. The summed E-state index contributed by atoms with van der Waals surface area (Å²) in [6.45, 7) is 1.20. The summed E-state index contributed by atoms with van der Waals surface area (Å²) in [6.07, 6.45) is 6.01. The molecule has 136 valence electrons. The molecule has 3 rings (SSSR count). The van der Waals surface area contributed by atoms with Crippen LogP contribution >= 0.6 is 0 Å². The predicted octanol–water partition coefficient (Wildman–Crippen LogP) is -0.875. The average Bonchev–Trinajstić information content (AvgIpc) is 3.24. The van der Waals surface area contributed by atoms with Gasteiger partial charge < -0.3 is 14.6 Å². The SMILES string of the molecule is COC(=O)Cn1cc(S(=O)(=O)N2CCNCC2c2nccn2C)cn1. The second-order valence-corrected chi connectivity index (χ2v) is 7.57. The molecule has 1 fully saturated rings. The van der Waals surface area contributed by atoms with Crippen LogP contribution in [-0.4, -0.2) is 64.8 Å². The van der Waals surface area contributed by atoms with Gasteiger partial charge in [0.05, 0.1) is 19.3 Å². The summed E-state index contributed by atoms with van der Waals surface area (Å²) >= 11 is 0. The van der Waals surface area contributed by atoms with Crippen molar-refractivity contribution in [2.75, 3.05) is 26.7 Å². The van der Waals surface area contributed by atoms with Gasteiger partial charge in [0.1, 0.15) is 17.3 Å². The third-order valence-electron chi connectivity index (χ3n) is 4.09. The number of esters is 1. The van der Waals surface area contributed by atoms with E-state index in [-0.39, 0.29) is 11.4 Å². The molecular formula is C14H20N6O4S. The maximum atomic E-state index is 13.1. The van der Waals surface area contributed by atoms with Crippen LogP contribution in [0, 0.1) is 0 Å². The fraction of sp³-hybridized carbons (Fsp3) is 0.500. The number of hydrogen-bond acceptors (Lipinski definition) is 7. The molecule has 0 aliphatic carbocycles. The molecule has 0 radical (unpaired) electrons. The number of nitrogens with one attached hydrogen (secondary N) is 1. The molecule has 3 heterocycles. The zero-order chi connectivity index (χ0) is 18.0. The Balaban J connectivity index is 1.89. The second-order valence-electron chi connectivity index (χ2n) is 5.68. The minimum absolute atomic E-state index is 0.0394. The van der Waals surface area contributed by atoms with Gasteiger partial charge in [0.15, 0.2) is 0 Å². The summed E-state index contributed by atoms with van der Waals surface area (Å²) in [5.74, 6) is 0.165. The molecule has 10 nitrogen and oxygen atoms in total. The standard InChI is InChI=1S/C14H20N6O4S/c1-18-5-4-16-14(18)12-8-15-3-6-20(12)25(22,23)11-7-17-19(9-11)10-13(21)24-2/h4-5,7,9,12,15H,3,6,8,10H2,1-2H3. The molecule has 1 aliphatic rings. The number of rotatable bonds is 5. The van der Waals surface area contributed by atoms with E-state index in [1.165, 1.54) is 28.5 Å². The Hall–Kier alpha value is -2.24. The first-order valence-electron chi connectivity index (χ1n) is 7.72. The van der Waals surface area contributed by atoms with Crippen LogP contribution in [0.5, 0.6) is 0 Å². The van der Waals surface area contributed by atoms with E-state index in [9.17, 15) is 13.2 Å². The summed E-state index contributed by atoms with van der Waals surface area (Å²) in [5, 5.41) is 7.15. The molecule has 0 bridgehead atoms. The number of methoxy groups -OCH3 is 1. The van der Waals surface area contributed by atoms with E-state index in [4.69, 9.17) is 0 Å². The number of ether oxygens (including phenoxy) is 1. The van der Waals surface area contributed by atoms with Crippen molar-refractivity contribution in [3.63, 3.8) is 0 Å². The lowest BCUT2D eigenvalue weighted by Gasteiger charge is -2.34. The minimum Gasteiger partial charge on any atom is -0.468 e. The van der Waals surface area contributed by atoms with Gasteiger partial charge >= 0.3 is 5.97 Å². The number of hydrogen-bond donors (Lipinski definition) is 1. The quantitative estimate of drug-likeness (QED) is 0.683.